The second kappa shape index (κ2) is 10.4. The van der Waals surface area contributed by atoms with Gasteiger partial charge in [-0.3, -0.25) is 4.98 Å². The maximum atomic E-state index is 14.0. The van der Waals surface area contributed by atoms with E-state index in [1.807, 2.05) is 19.1 Å². The fourth-order valence-corrected chi connectivity index (χ4v) is 4.26. The van der Waals surface area contributed by atoms with E-state index < -0.39 is 11.8 Å². The number of ether oxygens (including phenoxy) is 2. The van der Waals surface area contributed by atoms with Crippen LogP contribution in [0.1, 0.15) is 24.2 Å². The van der Waals surface area contributed by atoms with E-state index >= 15 is 0 Å². The van der Waals surface area contributed by atoms with Crippen LogP contribution >= 0.6 is 11.6 Å². The highest BCUT2D eigenvalue weighted by Crippen LogP contribution is 2.39. The van der Waals surface area contributed by atoms with Crippen molar-refractivity contribution in [3.8, 4) is 5.75 Å². The lowest BCUT2D eigenvalue weighted by atomic mass is 10.1. The van der Waals surface area contributed by atoms with Crippen molar-refractivity contribution in [3.63, 3.8) is 0 Å². The summed E-state index contributed by atoms with van der Waals surface area (Å²) in [5.41, 5.74) is 2.70. The molecule has 9 heteroatoms. The molecule has 4 rings (SSSR count). The van der Waals surface area contributed by atoms with Crippen molar-refractivity contribution in [3.05, 3.63) is 52.9 Å². The zero-order valence-corrected chi connectivity index (χ0v) is 20.3. The lowest BCUT2D eigenvalue weighted by Crippen LogP contribution is -2.44. The van der Waals surface area contributed by atoms with E-state index in [1.54, 1.807) is 13.0 Å². The minimum atomic E-state index is -0.517. The Morgan fingerprint density at radius 2 is 1.88 bits per heavy atom. The number of hydrogen-bond acceptors (Lipinski definition) is 7. The van der Waals surface area contributed by atoms with Crippen LogP contribution < -0.4 is 15.0 Å². The molecule has 3 aromatic rings. The van der Waals surface area contributed by atoms with Crippen molar-refractivity contribution >= 4 is 45.5 Å². The lowest BCUT2D eigenvalue weighted by Gasteiger charge is -2.35. The molecule has 180 valence electrons. The van der Waals surface area contributed by atoms with Crippen LogP contribution in [0.3, 0.4) is 0 Å². The largest absolute Gasteiger partial charge is 0.492 e. The summed E-state index contributed by atoms with van der Waals surface area (Å²) in [6.07, 6.45) is 1.47. The van der Waals surface area contributed by atoms with Crippen molar-refractivity contribution in [1.82, 2.24) is 9.88 Å². The Balaban J connectivity index is 1.89. The highest BCUT2D eigenvalue weighted by atomic mass is 35.5. The van der Waals surface area contributed by atoms with Gasteiger partial charge in [0, 0.05) is 54.5 Å². The Morgan fingerprint density at radius 1 is 1.12 bits per heavy atom. The fraction of sp³-hybridized carbons (Fsp3) is 0.360. The second-order valence-electron chi connectivity index (χ2n) is 8.11. The molecule has 34 heavy (non-hydrogen) atoms. The number of likely N-dealkylation sites (N-methyl/N-ethyl adjacent to an activating group) is 1. The minimum Gasteiger partial charge on any atom is -0.492 e. The Labute approximate surface area is 203 Å². The maximum absolute atomic E-state index is 14.0. The number of carbonyl (C=O) groups is 1. The summed E-state index contributed by atoms with van der Waals surface area (Å²) in [6, 6.07) is 8.00. The molecule has 2 heterocycles. The molecule has 0 radical (unpaired) electrons. The molecule has 1 saturated heterocycles. The summed E-state index contributed by atoms with van der Waals surface area (Å²) in [5, 5.41) is 4.14. The third-order valence-corrected chi connectivity index (χ3v) is 5.94. The van der Waals surface area contributed by atoms with Gasteiger partial charge < -0.3 is 24.6 Å². The van der Waals surface area contributed by atoms with Crippen LogP contribution in [0.5, 0.6) is 5.75 Å². The zero-order chi connectivity index (χ0) is 24.2. The first-order valence-corrected chi connectivity index (χ1v) is 11.7. The summed E-state index contributed by atoms with van der Waals surface area (Å²) in [4.78, 5) is 21.8. The SMILES string of the molecule is CCOC(=O)c1cnc2cc(OCC)c(N3CCN(C)CC3)cc2c1Nc1cc(F)cc(Cl)c1. The molecule has 1 aliphatic heterocycles. The van der Waals surface area contributed by atoms with E-state index in [9.17, 15) is 9.18 Å². The number of benzene rings is 2. The number of esters is 1. The van der Waals surface area contributed by atoms with Gasteiger partial charge in [0.15, 0.2) is 0 Å². The number of pyridine rings is 1. The number of piperazine rings is 1. The molecule has 7 nitrogen and oxygen atoms in total. The van der Waals surface area contributed by atoms with Crippen molar-refractivity contribution in [2.24, 2.45) is 0 Å². The monoisotopic (exact) mass is 486 g/mol. The highest BCUT2D eigenvalue weighted by Gasteiger charge is 2.23. The molecule has 1 aromatic heterocycles. The molecular formula is C25H28ClFN4O3. The lowest BCUT2D eigenvalue weighted by molar-refractivity contribution is 0.0527. The molecule has 0 amide bonds. The van der Waals surface area contributed by atoms with E-state index in [1.165, 1.54) is 18.3 Å². The van der Waals surface area contributed by atoms with Gasteiger partial charge in [-0.2, -0.15) is 0 Å². The van der Waals surface area contributed by atoms with Crippen LogP contribution in [-0.2, 0) is 4.74 Å². The van der Waals surface area contributed by atoms with Gasteiger partial charge in [-0.1, -0.05) is 11.6 Å². The van der Waals surface area contributed by atoms with Crippen molar-refractivity contribution < 1.29 is 18.7 Å². The number of rotatable bonds is 7. The number of halogens is 2. The van der Waals surface area contributed by atoms with Crippen LogP contribution in [0.25, 0.3) is 10.9 Å². The topological polar surface area (TPSA) is 66.9 Å². The van der Waals surface area contributed by atoms with Gasteiger partial charge in [0.05, 0.1) is 30.1 Å². The molecule has 0 spiro atoms. The molecule has 2 aromatic carbocycles. The average Bonchev–Trinajstić information content (AvgIpc) is 2.79. The van der Waals surface area contributed by atoms with E-state index in [0.717, 1.165) is 37.6 Å². The van der Waals surface area contributed by atoms with Crippen molar-refractivity contribution in [1.29, 1.82) is 0 Å². The summed E-state index contributed by atoms with van der Waals surface area (Å²) in [7, 11) is 2.10. The standard InChI is InChI=1S/C25H28ClFN4O3/c1-4-33-23-14-21-19(13-22(23)31-8-6-30(3)7-9-31)24(20(15-28-21)25(32)34-5-2)29-18-11-16(26)10-17(27)12-18/h10-15H,4-9H2,1-3H3,(H,28,29). The Bertz CT molecular complexity index is 1180. The average molecular weight is 487 g/mol. The molecular weight excluding hydrogens is 459 g/mol. The van der Waals surface area contributed by atoms with Crippen LogP contribution in [-0.4, -0.2) is 62.3 Å². The van der Waals surface area contributed by atoms with E-state index in [0.29, 0.717) is 28.9 Å². The molecule has 0 atom stereocenters. The Morgan fingerprint density at radius 3 is 2.56 bits per heavy atom. The van der Waals surface area contributed by atoms with Gasteiger partial charge >= 0.3 is 5.97 Å². The Kier molecular flexibility index (Phi) is 7.38. The van der Waals surface area contributed by atoms with Gasteiger partial charge in [-0.05, 0) is 45.2 Å². The summed E-state index contributed by atoms with van der Waals surface area (Å²) in [6.45, 7) is 7.96. The molecule has 0 unspecified atom stereocenters. The highest BCUT2D eigenvalue weighted by molar-refractivity contribution is 6.30. The van der Waals surface area contributed by atoms with E-state index in [4.69, 9.17) is 21.1 Å². The van der Waals surface area contributed by atoms with E-state index in [2.05, 4.69) is 27.1 Å². The number of fused-ring (bicyclic) bond motifs is 1. The number of hydrogen-bond donors (Lipinski definition) is 1. The van der Waals surface area contributed by atoms with Crippen LogP contribution in [0.2, 0.25) is 5.02 Å². The quantitative estimate of drug-likeness (QED) is 0.466. The predicted molar refractivity (Wildman–Crippen MR) is 133 cm³/mol. The molecule has 1 aliphatic rings. The number of carbonyl (C=O) groups excluding carboxylic acids is 1. The third kappa shape index (κ3) is 5.18. The molecule has 1 fully saturated rings. The van der Waals surface area contributed by atoms with Crippen LogP contribution in [0, 0.1) is 5.82 Å². The van der Waals surface area contributed by atoms with Gasteiger partial charge in [0.1, 0.15) is 17.1 Å². The van der Waals surface area contributed by atoms with E-state index in [-0.39, 0.29) is 17.2 Å². The van der Waals surface area contributed by atoms with Crippen LogP contribution in [0.15, 0.2) is 36.5 Å². The maximum Gasteiger partial charge on any atom is 0.341 e. The van der Waals surface area contributed by atoms with Crippen molar-refractivity contribution in [2.75, 3.05) is 56.7 Å². The number of aromatic nitrogens is 1. The van der Waals surface area contributed by atoms with Gasteiger partial charge in [-0.15, -0.1) is 0 Å². The summed E-state index contributed by atoms with van der Waals surface area (Å²) < 4.78 is 25.3. The summed E-state index contributed by atoms with van der Waals surface area (Å²) >= 11 is 6.07. The van der Waals surface area contributed by atoms with Gasteiger partial charge in [-0.25, -0.2) is 9.18 Å². The normalized spacial score (nSPS) is 14.3. The summed E-state index contributed by atoms with van der Waals surface area (Å²) in [5.74, 6) is -0.268. The fourth-order valence-electron chi connectivity index (χ4n) is 4.04. The molecule has 1 N–H and O–H groups in total. The third-order valence-electron chi connectivity index (χ3n) is 5.72. The first-order valence-electron chi connectivity index (χ1n) is 11.3. The molecule has 0 saturated carbocycles. The molecule has 0 aliphatic carbocycles. The first-order chi connectivity index (χ1) is 16.4. The first kappa shape index (κ1) is 24.0. The number of nitrogens with zero attached hydrogens (tertiary/aromatic N) is 3. The zero-order valence-electron chi connectivity index (χ0n) is 19.5. The van der Waals surface area contributed by atoms with Gasteiger partial charge in [0.2, 0.25) is 0 Å². The second-order valence-corrected chi connectivity index (χ2v) is 8.55. The Hall–Kier alpha value is -3.10. The number of anilines is 3. The molecule has 0 bridgehead atoms. The van der Waals surface area contributed by atoms with Crippen molar-refractivity contribution in [2.45, 2.75) is 13.8 Å². The van der Waals surface area contributed by atoms with Gasteiger partial charge in [0.25, 0.3) is 0 Å². The predicted octanol–water partition coefficient (Wildman–Crippen LogP) is 5.10. The minimum absolute atomic E-state index is 0.220. The van der Waals surface area contributed by atoms with Crippen LogP contribution in [0.4, 0.5) is 21.5 Å². The smallest absolute Gasteiger partial charge is 0.341 e. The number of nitrogens with one attached hydrogen (secondary N) is 1.